The number of benzene rings is 1. The number of nitrogens with zero attached hydrogens (tertiary/aromatic N) is 2. The van der Waals surface area contributed by atoms with Crippen LogP contribution in [0.1, 0.15) is 18.0 Å². The fraction of sp³-hybridized carbons (Fsp3) is 0.231. The first-order chi connectivity index (χ1) is 9.22. The summed E-state index contributed by atoms with van der Waals surface area (Å²) in [6, 6.07) is 9.79. The Morgan fingerprint density at radius 1 is 1.32 bits per heavy atom. The topological polar surface area (TPSA) is 73.1 Å². The predicted molar refractivity (Wildman–Crippen MR) is 77.1 cm³/mol. The van der Waals surface area contributed by atoms with Crippen LogP contribution >= 0.6 is 15.9 Å². The number of nitrogens with one attached hydrogen (secondary N) is 1. The van der Waals surface area contributed by atoms with E-state index in [2.05, 4.69) is 31.2 Å². The van der Waals surface area contributed by atoms with Gasteiger partial charge in [-0.05, 0) is 22.0 Å². The second-order valence-electron chi connectivity index (χ2n) is 4.31. The van der Waals surface area contributed by atoms with Gasteiger partial charge in [0.2, 0.25) is 5.95 Å². The Kier molecular flexibility index (Phi) is 3.25. The number of para-hydroxylation sites is 1. The van der Waals surface area contributed by atoms with Gasteiger partial charge in [0.05, 0.1) is 12.6 Å². The molecule has 0 bridgehead atoms. The second-order valence-corrected chi connectivity index (χ2v) is 5.12. The molecule has 3 rings (SSSR count). The van der Waals surface area contributed by atoms with Crippen LogP contribution in [0.4, 0.5) is 11.8 Å². The van der Waals surface area contributed by atoms with E-state index in [1.54, 1.807) is 6.07 Å². The quantitative estimate of drug-likeness (QED) is 0.832. The number of nitrogens with two attached hydrogens (primary N) is 1. The molecule has 1 aliphatic rings. The SMILES string of the molecule is Nc1cc(Br)nc(NC2CCOc3ccccc32)n1. The van der Waals surface area contributed by atoms with E-state index in [1.807, 2.05) is 24.3 Å². The van der Waals surface area contributed by atoms with Crippen molar-refractivity contribution in [2.24, 2.45) is 0 Å². The van der Waals surface area contributed by atoms with Crippen LogP contribution in [0.2, 0.25) is 0 Å². The summed E-state index contributed by atoms with van der Waals surface area (Å²) in [6.45, 7) is 0.679. The Balaban J connectivity index is 1.88. The lowest BCUT2D eigenvalue weighted by Gasteiger charge is -2.26. The molecule has 5 nitrogen and oxygen atoms in total. The Morgan fingerprint density at radius 2 is 2.16 bits per heavy atom. The molecule has 6 heteroatoms. The summed E-state index contributed by atoms with van der Waals surface area (Å²) in [5, 5.41) is 3.31. The van der Waals surface area contributed by atoms with Crippen molar-refractivity contribution in [3.8, 4) is 5.75 Å². The van der Waals surface area contributed by atoms with Crippen LogP contribution < -0.4 is 15.8 Å². The first-order valence-electron chi connectivity index (χ1n) is 6.01. The molecule has 3 N–H and O–H groups in total. The van der Waals surface area contributed by atoms with Crippen molar-refractivity contribution >= 4 is 27.7 Å². The lowest BCUT2D eigenvalue weighted by atomic mass is 10.0. The molecule has 0 radical (unpaired) electrons. The van der Waals surface area contributed by atoms with Gasteiger partial charge >= 0.3 is 0 Å². The van der Waals surface area contributed by atoms with Gasteiger partial charge < -0.3 is 15.8 Å². The fourth-order valence-corrected chi connectivity index (χ4v) is 2.55. The summed E-state index contributed by atoms with van der Waals surface area (Å²) in [7, 11) is 0. The molecule has 19 heavy (non-hydrogen) atoms. The van der Waals surface area contributed by atoms with Gasteiger partial charge in [0.15, 0.2) is 0 Å². The van der Waals surface area contributed by atoms with Gasteiger partial charge in [-0.2, -0.15) is 4.98 Å². The highest BCUT2D eigenvalue weighted by Crippen LogP contribution is 2.33. The third-order valence-electron chi connectivity index (χ3n) is 2.98. The van der Waals surface area contributed by atoms with Gasteiger partial charge in [-0.25, -0.2) is 4.98 Å². The summed E-state index contributed by atoms with van der Waals surface area (Å²) in [4.78, 5) is 8.46. The zero-order chi connectivity index (χ0) is 13.2. The van der Waals surface area contributed by atoms with Crippen LogP contribution in [0.3, 0.4) is 0 Å². The number of anilines is 2. The first kappa shape index (κ1) is 12.2. The van der Waals surface area contributed by atoms with Gasteiger partial charge in [0.25, 0.3) is 0 Å². The number of aromatic nitrogens is 2. The van der Waals surface area contributed by atoms with Crippen molar-refractivity contribution in [1.29, 1.82) is 0 Å². The molecule has 1 aliphatic heterocycles. The highest BCUT2D eigenvalue weighted by atomic mass is 79.9. The molecule has 1 unspecified atom stereocenters. The molecular weight excluding hydrogens is 308 g/mol. The molecular formula is C13H13BrN4O. The molecule has 1 atom stereocenters. The lowest BCUT2D eigenvalue weighted by molar-refractivity contribution is 0.274. The minimum absolute atomic E-state index is 0.138. The predicted octanol–water partition coefficient (Wildman–Crippen LogP) is 2.76. The molecule has 1 aromatic carbocycles. The van der Waals surface area contributed by atoms with Crippen molar-refractivity contribution in [1.82, 2.24) is 9.97 Å². The standard InChI is InChI=1S/C13H13BrN4O/c14-11-7-12(15)18-13(17-11)16-9-5-6-19-10-4-2-1-3-8(9)10/h1-4,7,9H,5-6H2,(H3,15,16,17,18). The first-order valence-corrected chi connectivity index (χ1v) is 6.80. The van der Waals surface area contributed by atoms with E-state index in [-0.39, 0.29) is 6.04 Å². The van der Waals surface area contributed by atoms with Crippen LogP contribution in [0.15, 0.2) is 34.9 Å². The molecule has 0 amide bonds. The maximum atomic E-state index is 5.71. The van der Waals surface area contributed by atoms with Crippen molar-refractivity contribution in [3.63, 3.8) is 0 Å². The zero-order valence-corrected chi connectivity index (χ0v) is 11.7. The number of hydrogen-bond acceptors (Lipinski definition) is 5. The van der Waals surface area contributed by atoms with Crippen LogP contribution in [0.5, 0.6) is 5.75 Å². The normalized spacial score (nSPS) is 17.4. The maximum Gasteiger partial charge on any atom is 0.226 e. The minimum Gasteiger partial charge on any atom is -0.493 e. The van der Waals surface area contributed by atoms with Gasteiger partial charge in [-0.15, -0.1) is 0 Å². The van der Waals surface area contributed by atoms with E-state index in [1.165, 1.54) is 0 Å². The summed E-state index contributed by atoms with van der Waals surface area (Å²) in [6.07, 6.45) is 0.868. The van der Waals surface area contributed by atoms with E-state index in [0.717, 1.165) is 17.7 Å². The molecule has 2 aromatic rings. The fourth-order valence-electron chi connectivity index (χ4n) is 2.15. The van der Waals surface area contributed by atoms with Crippen LogP contribution in [-0.4, -0.2) is 16.6 Å². The highest BCUT2D eigenvalue weighted by Gasteiger charge is 2.21. The zero-order valence-electron chi connectivity index (χ0n) is 10.1. The molecule has 2 heterocycles. The van der Waals surface area contributed by atoms with Crippen LogP contribution in [-0.2, 0) is 0 Å². The van der Waals surface area contributed by atoms with Crippen molar-refractivity contribution in [2.75, 3.05) is 17.7 Å². The highest BCUT2D eigenvalue weighted by molar-refractivity contribution is 9.10. The van der Waals surface area contributed by atoms with Crippen molar-refractivity contribution in [3.05, 3.63) is 40.5 Å². The van der Waals surface area contributed by atoms with Crippen LogP contribution in [0.25, 0.3) is 0 Å². The Morgan fingerprint density at radius 3 is 3.00 bits per heavy atom. The number of ether oxygens (including phenoxy) is 1. The van der Waals surface area contributed by atoms with Gasteiger partial charge in [0, 0.05) is 18.1 Å². The molecule has 0 aliphatic carbocycles. The average Bonchev–Trinajstić information content (AvgIpc) is 2.38. The molecule has 1 aromatic heterocycles. The summed E-state index contributed by atoms with van der Waals surface area (Å²) in [5.41, 5.74) is 6.83. The molecule has 98 valence electrons. The van der Waals surface area contributed by atoms with E-state index in [9.17, 15) is 0 Å². The van der Waals surface area contributed by atoms with E-state index >= 15 is 0 Å². The van der Waals surface area contributed by atoms with Crippen molar-refractivity contribution in [2.45, 2.75) is 12.5 Å². The van der Waals surface area contributed by atoms with E-state index in [0.29, 0.717) is 23.0 Å². The monoisotopic (exact) mass is 320 g/mol. The summed E-state index contributed by atoms with van der Waals surface area (Å²) in [5.74, 6) is 1.87. The number of hydrogen-bond donors (Lipinski definition) is 2. The number of fused-ring (bicyclic) bond motifs is 1. The molecule has 0 saturated heterocycles. The van der Waals surface area contributed by atoms with Crippen molar-refractivity contribution < 1.29 is 4.74 Å². The third-order valence-corrected chi connectivity index (χ3v) is 3.38. The van der Waals surface area contributed by atoms with E-state index < -0.39 is 0 Å². The third kappa shape index (κ3) is 2.63. The summed E-state index contributed by atoms with van der Waals surface area (Å²) >= 11 is 3.31. The number of rotatable bonds is 2. The number of halogens is 1. The van der Waals surface area contributed by atoms with Gasteiger partial charge in [-0.3, -0.25) is 0 Å². The minimum atomic E-state index is 0.138. The smallest absolute Gasteiger partial charge is 0.226 e. The van der Waals surface area contributed by atoms with Gasteiger partial charge in [-0.1, -0.05) is 18.2 Å². The van der Waals surface area contributed by atoms with Crippen LogP contribution in [0, 0.1) is 0 Å². The summed E-state index contributed by atoms with van der Waals surface area (Å²) < 4.78 is 6.29. The largest absolute Gasteiger partial charge is 0.493 e. The Bertz CT molecular complexity index is 585. The lowest BCUT2D eigenvalue weighted by Crippen LogP contribution is -2.21. The van der Waals surface area contributed by atoms with Gasteiger partial charge in [0.1, 0.15) is 16.2 Å². The molecule has 0 spiro atoms. The maximum absolute atomic E-state index is 5.71. The Hall–Kier alpha value is -1.82. The van der Waals surface area contributed by atoms with E-state index in [4.69, 9.17) is 10.5 Å². The molecule has 0 saturated carbocycles. The average molecular weight is 321 g/mol. The molecule has 0 fully saturated rings. The second kappa shape index (κ2) is 5.05. The number of nitrogen functional groups attached to an aromatic ring is 1. The Labute approximate surface area is 119 Å².